The van der Waals surface area contributed by atoms with Gasteiger partial charge < -0.3 is 15.7 Å². The summed E-state index contributed by atoms with van der Waals surface area (Å²) in [4.78, 5) is 12.5. The molecule has 1 aliphatic rings. The third-order valence-electron chi connectivity index (χ3n) is 4.29. The van der Waals surface area contributed by atoms with Crippen molar-refractivity contribution in [2.75, 3.05) is 6.54 Å². The number of hydrogen-bond acceptors (Lipinski definition) is 3. The van der Waals surface area contributed by atoms with E-state index in [1.807, 2.05) is 60.7 Å². The Morgan fingerprint density at radius 2 is 1.65 bits per heavy atom. The molecule has 2 aromatic rings. The summed E-state index contributed by atoms with van der Waals surface area (Å²) in [5.41, 5.74) is 1.69. The van der Waals surface area contributed by atoms with Crippen LogP contribution in [0.25, 0.3) is 0 Å². The molecule has 1 fully saturated rings. The maximum Gasteiger partial charge on any atom is 0.237 e. The van der Waals surface area contributed by atoms with Crippen LogP contribution in [-0.4, -0.2) is 23.6 Å². The SMILES string of the molecule is O=C(N[C@H](c1ccccc1)[C@H](O)c1ccccc1)[C@H]1CCCN1. The molecule has 1 heterocycles. The summed E-state index contributed by atoms with van der Waals surface area (Å²) in [6, 6.07) is 18.4. The van der Waals surface area contributed by atoms with Crippen LogP contribution in [0.15, 0.2) is 60.7 Å². The van der Waals surface area contributed by atoms with Gasteiger partial charge in [0.05, 0.1) is 12.1 Å². The third-order valence-corrected chi connectivity index (χ3v) is 4.29. The van der Waals surface area contributed by atoms with Crippen LogP contribution in [0.2, 0.25) is 0 Å². The van der Waals surface area contributed by atoms with E-state index >= 15 is 0 Å². The van der Waals surface area contributed by atoms with Crippen LogP contribution in [0.5, 0.6) is 0 Å². The van der Waals surface area contributed by atoms with Gasteiger partial charge in [0.2, 0.25) is 5.91 Å². The highest BCUT2D eigenvalue weighted by Crippen LogP contribution is 2.29. The van der Waals surface area contributed by atoms with Gasteiger partial charge in [-0.05, 0) is 30.5 Å². The van der Waals surface area contributed by atoms with Gasteiger partial charge in [-0.25, -0.2) is 0 Å². The second-order valence-corrected chi connectivity index (χ2v) is 5.90. The Kier molecular flexibility index (Phi) is 5.05. The number of amides is 1. The Bertz CT molecular complexity index is 624. The monoisotopic (exact) mass is 310 g/mol. The zero-order chi connectivity index (χ0) is 16.1. The molecule has 4 nitrogen and oxygen atoms in total. The molecule has 0 aromatic heterocycles. The van der Waals surface area contributed by atoms with Gasteiger partial charge in [0.1, 0.15) is 6.10 Å². The molecule has 1 aliphatic heterocycles. The molecule has 0 unspecified atom stereocenters. The van der Waals surface area contributed by atoms with Gasteiger partial charge in [0.15, 0.2) is 0 Å². The van der Waals surface area contributed by atoms with E-state index in [0.29, 0.717) is 0 Å². The van der Waals surface area contributed by atoms with E-state index in [1.54, 1.807) is 0 Å². The fourth-order valence-electron chi connectivity index (χ4n) is 3.01. The molecule has 3 rings (SSSR count). The molecule has 0 radical (unpaired) electrons. The average Bonchev–Trinajstić information content (AvgIpc) is 3.15. The summed E-state index contributed by atoms with van der Waals surface area (Å²) < 4.78 is 0. The van der Waals surface area contributed by atoms with Gasteiger partial charge in [-0.1, -0.05) is 60.7 Å². The summed E-state index contributed by atoms with van der Waals surface area (Å²) >= 11 is 0. The van der Waals surface area contributed by atoms with Crippen molar-refractivity contribution >= 4 is 5.91 Å². The number of benzene rings is 2. The molecule has 120 valence electrons. The molecule has 23 heavy (non-hydrogen) atoms. The number of hydrogen-bond donors (Lipinski definition) is 3. The van der Waals surface area contributed by atoms with Crippen molar-refractivity contribution in [1.82, 2.24) is 10.6 Å². The van der Waals surface area contributed by atoms with Crippen molar-refractivity contribution in [1.29, 1.82) is 0 Å². The summed E-state index contributed by atoms with van der Waals surface area (Å²) in [6.07, 6.45) is 1.06. The van der Waals surface area contributed by atoms with E-state index in [2.05, 4.69) is 10.6 Å². The second kappa shape index (κ2) is 7.40. The Balaban J connectivity index is 1.83. The number of carbonyl (C=O) groups is 1. The van der Waals surface area contributed by atoms with Crippen LogP contribution < -0.4 is 10.6 Å². The summed E-state index contributed by atoms with van der Waals surface area (Å²) in [5, 5.41) is 17.0. The molecule has 0 spiro atoms. The number of aliphatic hydroxyl groups excluding tert-OH is 1. The number of rotatable bonds is 5. The topological polar surface area (TPSA) is 61.4 Å². The Morgan fingerprint density at radius 1 is 1.04 bits per heavy atom. The minimum Gasteiger partial charge on any atom is -0.386 e. The zero-order valence-electron chi connectivity index (χ0n) is 13.0. The average molecular weight is 310 g/mol. The standard InChI is InChI=1S/C19H22N2O2/c22-18(15-10-5-2-6-11-15)17(14-8-3-1-4-9-14)21-19(23)16-12-7-13-20-16/h1-6,8-11,16-18,20,22H,7,12-13H2,(H,21,23)/t16-,17-,18-/m1/s1. The highest BCUT2D eigenvalue weighted by molar-refractivity contribution is 5.82. The first-order valence-electron chi connectivity index (χ1n) is 8.07. The second-order valence-electron chi connectivity index (χ2n) is 5.90. The number of nitrogens with one attached hydrogen (secondary N) is 2. The molecule has 2 aromatic carbocycles. The van der Waals surface area contributed by atoms with Gasteiger partial charge in [0, 0.05) is 0 Å². The van der Waals surface area contributed by atoms with Crippen molar-refractivity contribution in [3.8, 4) is 0 Å². The van der Waals surface area contributed by atoms with E-state index < -0.39 is 12.1 Å². The molecule has 1 saturated heterocycles. The van der Waals surface area contributed by atoms with Gasteiger partial charge in [-0.2, -0.15) is 0 Å². The van der Waals surface area contributed by atoms with Crippen molar-refractivity contribution in [2.45, 2.75) is 31.0 Å². The lowest BCUT2D eigenvalue weighted by Crippen LogP contribution is -2.43. The maximum atomic E-state index is 12.5. The normalized spacial score (nSPS) is 20.0. The first-order valence-corrected chi connectivity index (χ1v) is 8.07. The highest BCUT2D eigenvalue weighted by atomic mass is 16.3. The van der Waals surface area contributed by atoms with Crippen LogP contribution in [0.1, 0.15) is 36.1 Å². The van der Waals surface area contributed by atoms with Gasteiger partial charge >= 0.3 is 0 Å². The Hall–Kier alpha value is -2.17. The van der Waals surface area contributed by atoms with Gasteiger partial charge in [-0.3, -0.25) is 4.79 Å². The predicted octanol–water partition coefficient (Wildman–Crippen LogP) is 2.33. The molecule has 3 N–H and O–H groups in total. The summed E-state index contributed by atoms with van der Waals surface area (Å²) in [6.45, 7) is 0.870. The lowest BCUT2D eigenvalue weighted by molar-refractivity contribution is -0.124. The quantitative estimate of drug-likeness (QED) is 0.794. The van der Waals surface area contributed by atoms with E-state index in [1.165, 1.54) is 0 Å². The van der Waals surface area contributed by atoms with E-state index in [-0.39, 0.29) is 11.9 Å². The van der Waals surface area contributed by atoms with Gasteiger partial charge in [0.25, 0.3) is 0 Å². The lowest BCUT2D eigenvalue weighted by Gasteiger charge is -2.26. The smallest absolute Gasteiger partial charge is 0.237 e. The molecular weight excluding hydrogens is 288 g/mol. The van der Waals surface area contributed by atoms with Crippen molar-refractivity contribution in [2.24, 2.45) is 0 Å². The summed E-state index contributed by atoms with van der Waals surface area (Å²) in [7, 11) is 0. The van der Waals surface area contributed by atoms with E-state index in [0.717, 1.165) is 30.5 Å². The number of carbonyl (C=O) groups excluding carboxylic acids is 1. The summed E-state index contributed by atoms with van der Waals surface area (Å²) in [5.74, 6) is -0.0497. The predicted molar refractivity (Wildman–Crippen MR) is 89.8 cm³/mol. The molecule has 3 atom stereocenters. The first kappa shape index (κ1) is 15.7. The van der Waals surface area contributed by atoms with Crippen molar-refractivity contribution < 1.29 is 9.90 Å². The first-order chi connectivity index (χ1) is 11.3. The highest BCUT2D eigenvalue weighted by Gasteiger charge is 2.29. The van der Waals surface area contributed by atoms with Crippen molar-refractivity contribution in [3.05, 3.63) is 71.8 Å². The third kappa shape index (κ3) is 3.78. The lowest BCUT2D eigenvalue weighted by atomic mass is 9.95. The molecule has 4 heteroatoms. The van der Waals surface area contributed by atoms with E-state index in [4.69, 9.17) is 0 Å². The maximum absolute atomic E-state index is 12.5. The van der Waals surface area contributed by atoms with Gasteiger partial charge in [-0.15, -0.1) is 0 Å². The van der Waals surface area contributed by atoms with Crippen LogP contribution >= 0.6 is 0 Å². The molecule has 0 saturated carbocycles. The zero-order valence-corrected chi connectivity index (χ0v) is 13.0. The van der Waals surface area contributed by atoms with Crippen LogP contribution in [0, 0.1) is 0 Å². The molecule has 1 amide bonds. The van der Waals surface area contributed by atoms with Crippen LogP contribution in [0.3, 0.4) is 0 Å². The molecular formula is C19H22N2O2. The van der Waals surface area contributed by atoms with Crippen LogP contribution in [0.4, 0.5) is 0 Å². The fraction of sp³-hybridized carbons (Fsp3) is 0.316. The number of aliphatic hydroxyl groups is 1. The Labute approximate surface area is 136 Å². The molecule has 0 aliphatic carbocycles. The minimum absolute atomic E-state index is 0.0497. The molecule has 0 bridgehead atoms. The van der Waals surface area contributed by atoms with Crippen molar-refractivity contribution in [3.63, 3.8) is 0 Å². The Morgan fingerprint density at radius 3 is 2.22 bits per heavy atom. The minimum atomic E-state index is -0.788. The van der Waals surface area contributed by atoms with Crippen LogP contribution in [-0.2, 0) is 4.79 Å². The largest absolute Gasteiger partial charge is 0.386 e. The van der Waals surface area contributed by atoms with E-state index in [9.17, 15) is 9.90 Å². The fourth-order valence-corrected chi connectivity index (χ4v) is 3.01.